The Kier molecular flexibility index (Phi) is 7.44. The van der Waals surface area contributed by atoms with Gasteiger partial charge in [-0.2, -0.15) is 0 Å². The Morgan fingerprint density at radius 2 is 1.77 bits per heavy atom. The highest BCUT2D eigenvalue weighted by atomic mass is 16.2. The van der Waals surface area contributed by atoms with Crippen molar-refractivity contribution in [1.29, 1.82) is 0 Å². The number of piperazine rings is 2. The molecular weight excluding hydrogens is 382 g/mol. The number of carbonyl (C=O) groups excluding carboxylic acids is 3. The topological polar surface area (TPSA) is 85.0 Å². The molecule has 2 N–H and O–H groups in total. The predicted octanol–water partition coefficient (Wildman–Crippen LogP) is 0.597. The van der Waals surface area contributed by atoms with E-state index in [0.717, 1.165) is 43.9 Å². The van der Waals surface area contributed by atoms with Crippen LogP contribution in [0.15, 0.2) is 18.2 Å². The normalized spacial score (nSPS) is 20.7. The summed E-state index contributed by atoms with van der Waals surface area (Å²) in [5.74, 6) is -0.617. The van der Waals surface area contributed by atoms with Crippen LogP contribution in [0, 0.1) is 13.8 Å². The number of likely N-dealkylation sites (N-methyl/N-ethyl adjacent to an activating group) is 1. The second-order valence-electron chi connectivity index (χ2n) is 8.16. The third kappa shape index (κ3) is 5.58. The lowest BCUT2D eigenvalue weighted by Gasteiger charge is -2.38. The molecule has 30 heavy (non-hydrogen) atoms. The number of amides is 3. The monoisotopic (exact) mass is 415 g/mol. The van der Waals surface area contributed by atoms with Gasteiger partial charge in [-0.25, -0.2) is 0 Å². The average Bonchev–Trinajstić information content (AvgIpc) is 2.72. The van der Waals surface area contributed by atoms with Gasteiger partial charge in [-0.15, -0.1) is 0 Å². The van der Waals surface area contributed by atoms with Crippen LogP contribution in [0.2, 0.25) is 0 Å². The van der Waals surface area contributed by atoms with Crippen LogP contribution in [0.4, 0.5) is 5.69 Å². The number of nitrogens with one attached hydrogen (secondary N) is 2. The molecule has 1 unspecified atom stereocenters. The van der Waals surface area contributed by atoms with Gasteiger partial charge >= 0.3 is 0 Å². The van der Waals surface area contributed by atoms with Crippen LogP contribution in [0.1, 0.15) is 24.5 Å². The van der Waals surface area contributed by atoms with E-state index >= 15 is 0 Å². The molecule has 1 aromatic carbocycles. The van der Waals surface area contributed by atoms with Crippen LogP contribution in [0.3, 0.4) is 0 Å². The summed E-state index contributed by atoms with van der Waals surface area (Å²) in [5.41, 5.74) is 2.94. The molecule has 2 aliphatic heterocycles. The summed E-state index contributed by atoms with van der Waals surface area (Å²) in [4.78, 5) is 44.1. The number of anilines is 1. The van der Waals surface area contributed by atoms with Crippen molar-refractivity contribution in [3.8, 4) is 0 Å². The first-order chi connectivity index (χ1) is 14.4. The first-order valence-corrected chi connectivity index (χ1v) is 10.8. The molecule has 164 valence electrons. The van der Waals surface area contributed by atoms with Gasteiger partial charge in [0, 0.05) is 45.0 Å². The second-order valence-corrected chi connectivity index (χ2v) is 8.16. The molecule has 2 aliphatic rings. The fourth-order valence-corrected chi connectivity index (χ4v) is 3.97. The quantitative estimate of drug-likeness (QED) is 0.711. The van der Waals surface area contributed by atoms with Crippen molar-refractivity contribution in [3.05, 3.63) is 29.3 Å². The SMILES string of the molecule is CCN1CCN(CC(=O)N2CCNC(=O)C2CC(=O)Nc2ccc(C)c(C)c2)CC1. The van der Waals surface area contributed by atoms with E-state index in [2.05, 4.69) is 27.4 Å². The van der Waals surface area contributed by atoms with Gasteiger partial charge in [0.15, 0.2) is 0 Å². The number of hydrogen-bond acceptors (Lipinski definition) is 5. The average molecular weight is 416 g/mol. The first kappa shape index (κ1) is 22.2. The van der Waals surface area contributed by atoms with E-state index in [1.807, 2.05) is 32.0 Å². The Morgan fingerprint density at radius 1 is 1.07 bits per heavy atom. The van der Waals surface area contributed by atoms with Crippen molar-refractivity contribution >= 4 is 23.4 Å². The lowest BCUT2D eigenvalue weighted by molar-refractivity contribution is -0.145. The molecule has 3 amide bonds. The summed E-state index contributed by atoms with van der Waals surface area (Å²) in [6.45, 7) is 11.9. The molecule has 0 spiro atoms. The summed E-state index contributed by atoms with van der Waals surface area (Å²) in [7, 11) is 0. The van der Waals surface area contributed by atoms with E-state index in [-0.39, 0.29) is 24.1 Å². The lowest BCUT2D eigenvalue weighted by atomic mass is 10.1. The molecule has 0 aliphatic carbocycles. The minimum atomic E-state index is -0.769. The predicted molar refractivity (Wildman–Crippen MR) is 116 cm³/mol. The highest BCUT2D eigenvalue weighted by Gasteiger charge is 2.35. The molecule has 0 aromatic heterocycles. The van der Waals surface area contributed by atoms with Gasteiger partial charge in [0.2, 0.25) is 17.7 Å². The zero-order chi connectivity index (χ0) is 21.7. The maximum atomic E-state index is 13.0. The second kappa shape index (κ2) is 10.0. The van der Waals surface area contributed by atoms with Crippen molar-refractivity contribution in [1.82, 2.24) is 20.0 Å². The van der Waals surface area contributed by atoms with Gasteiger partial charge in [-0.05, 0) is 43.7 Å². The third-order valence-electron chi connectivity index (χ3n) is 6.09. The van der Waals surface area contributed by atoms with Crippen LogP contribution in [0.25, 0.3) is 0 Å². The summed E-state index contributed by atoms with van der Waals surface area (Å²) >= 11 is 0. The number of benzene rings is 1. The van der Waals surface area contributed by atoms with Crippen molar-refractivity contribution in [3.63, 3.8) is 0 Å². The number of hydrogen-bond donors (Lipinski definition) is 2. The zero-order valence-electron chi connectivity index (χ0n) is 18.2. The van der Waals surface area contributed by atoms with Crippen molar-refractivity contribution in [2.45, 2.75) is 33.2 Å². The van der Waals surface area contributed by atoms with Gasteiger partial charge in [-0.1, -0.05) is 13.0 Å². The maximum absolute atomic E-state index is 13.0. The molecule has 3 rings (SSSR count). The minimum absolute atomic E-state index is 0.0475. The van der Waals surface area contributed by atoms with Crippen molar-refractivity contribution in [2.75, 3.05) is 57.7 Å². The minimum Gasteiger partial charge on any atom is -0.353 e. The molecule has 2 fully saturated rings. The smallest absolute Gasteiger partial charge is 0.243 e. The molecule has 8 nitrogen and oxygen atoms in total. The van der Waals surface area contributed by atoms with Gasteiger partial charge in [-0.3, -0.25) is 19.3 Å². The largest absolute Gasteiger partial charge is 0.353 e. The van der Waals surface area contributed by atoms with Crippen LogP contribution >= 0.6 is 0 Å². The van der Waals surface area contributed by atoms with Crippen molar-refractivity contribution < 1.29 is 14.4 Å². The summed E-state index contributed by atoms with van der Waals surface area (Å²) in [6, 6.07) is 4.94. The zero-order valence-corrected chi connectivity index (χ0v) is 18.2. The Morgan fingerprint density at radius 3 is 2.43 bits per heavy atom. The molecule has 2 saturated heterocycles. The Balaban J connectivity index is 1.59. The van der Waals surface area contributed by atoms with Crippen LogP contribution in [-0.2, 0) is 14.4 Å². The van der Waals surface area contributed by atoms with E-state index in [1.165, 1.54) is 0 Å². The Bertz CT molecular complexity index is 789. The van der Waals surface area contributed by atoms with E-state index in [9.17, 15) is 14.4 Å². The molecule has 0 saturated carbocycles. The molecule has 1 aromatic rings. The van der Waals surface area contributed by atoms with Crippen LogP contribution in [-0.4, -0.2) is 90.8 Å². The summed E-state index contributed by atoms with van der Waals surface area (Å²) in [6.07, 6.45) is -0.0475. The molecule has 1 atom stereocenters. The molecular formula is C22H33N5O3. The van der Waals surface area contributed by atoms with Gasteiger partial charge in [0.05, 0.1) is 13.0 Å². The third-order valence-corrected chi connectivity index (χ3v) is 6.09. The fourth-order valence-electron chi connectivity index (χ4n) is 3.97. The molecule has 0 radical (unpaired) electrons. The van der Waals surface area contributed by atoms with E-state index < -0.39 is 6.04 Å². The van der Waals surface area contributed by atoms with E-state index in [4.69, 9.17) is 0 Å². The van der Waals surface area contributed by atoms with E-state index in [1.54, 1.807) is 4.90 Å². The number of nitrogens with zero attached hydrogens (tertiary/aromatic N) is 3. The number of carbonyl (C=O) groups is 3. The number of aryl methyl sites for hydroxylation is 2. The number of rotatable bonds is 6. The van der Waals surface area contributed by atoms with Gasteiger partial charge in [0.25, 0.3) is 0 Å². The van der Waals surface area contributed by atoms with E-state index in [0.29, 0.717) is 25.3 Å². The molecule has 2 heterocycles. The van der Waals surface area contributed by atoms with Crippen LogP contribution in [0.5, 0.6) is 0 Å². The Hall–Kier alpha value is -2.45. The van der Waals surface area contributed by atoms with Crippen molar-refractivity contribution in [2.24, 2.45) is 0 Å². The molecule has 8 heteroatoms. The highest BCUT2D eigenvalue weighted by molar-refractivity contribution is 5.97. The van der Waals surface area contributed by atoms with Gasteiger partial charge < -0.3 is 20.4 Å². The highest BCUT2D eigenvalue weighted by Crippen LogP contribution is 2.16. The van der Waals surface area contributed by atoms with Gasteiger partial charge in [0.1, 0.15) is 6.04 Å². The summed E-state index contributed by atoms with van der Waals surface area (Å²) in [5, 5.41) is 5.64. The maximum Gasteiger partial charge on any atom is 0.243 e. The van der Waals surface area contributed by atoms with Crippen LogP contribution < -0.4 is 10.6 Å². The standard InChI is InChI=1S/C22H33N5O3/c1-4-25-9-11-26(12-10-25)15-21(29)27-8-7-23-22(30)19(27)14-20(28)24-18-6-5-16(2)17(3)13-18/h5-6,13,19H,4,7-12,14-15H2,1-3H3,(H,23,30)(H,24,28). The summed E-state index contributed by atoms with van der Waals surface area (Å²) < 4.78 is 0. The lowest BCUT2D eigenvalue weighted by Crippen LogP contribution is -2.60. The first-order valence-electron chi connectivity index (χ1n) is 10.8. The fraction of sp³-hybridized carbons (Fsp3) is 0.591. The Labute approximate surface area is 178 Å². The molecule has 0 bridgehead atoms.